The molecule has 26 heteroatoms. The van der Waals surface area contributed by atoms with Gasteiger partial charge in [0.15, 0.2) is 12.2 Å². The highest BCUT2D eigenvalue weighted by molar-refractivity contribution is 5.77. The Bertz CT molecular complexity index is 2750. The molecule has 0 saturated carbocycles. The molecular formula is C56H70F10N8O8. The molecule has 0 bridgehead atoms. The predicted molar refractivity (Wildman–Crippen MR) is 289 cm³/mol. The van der Waals surface area contributed by atoms with Gasteiger partial charge < -0.3 is 59.7 Å². The number of hydrogen-bond donors (Lipinski definition) is 4. The number of ether oxygens (including phenoxy) is 2. The minimum atomic E-state index is -4.85. The highest BCUT2D eigenvalue weighted by Gasteiger charge is 2.41. The van der Waals surface area contributed by atoms with Crippen LogP contribution in [0.25, 0.3) is 0 Å². The first kappa shape index (κ1) is 65.9. The Hall–Kier alpha value is -6.90. The topological polar surface area (TPSA) is 171 Å². The minimum absolute atomic E-state index is 0.131. The van der Waals surface area contributed by atoms with Crippen LogP contribution in [0.15, 0.2) is 72.8 Å². The van der Waals surface area contributed by atoms with E-state index in [1.165, 1.54) is 29.2 Å². The summed E-state index contributed by atoms with van der Waals surface area (Å²) in [6.45, 7) is 19.9. The molecule has 0 radical (unpaired) electrons. The third kappa shape index (κ3) is 19.6. The summed E-state index contributed by atoms with van der Waals surface area (Å²) < 4.78 is 141. The molecule has 4 N–H and O–H groups in total. The normalized spacial score (nSPS) is 17.0. The minimum Gasteiger partial charge on any atom is -0.444 e. The molecule has 4 saturated heterocycles. The van der Waals surface area contributed by atoms with Crippen LogP contribution < -0.4 is 30.2 Å². The third-order valence-electron chi connectivity index (χ3n) is 12.9. The van der Waals surface area contributed by atoms with Gasteiger partial charge in [0.05, 0.1) is 22.7 Å². The summed E-state index contributed by atoms with van der Waals surface area (Å²) >= 11 is 0. The zero-order valence-corrected chi connectivity index (χ0v) is 46.4. The van der Waals surface area contributed by atoms with E-state index in [2.05, 4.69) is 10.6 Å². The Morgan fingerprint density at radius 1 is 0.451 bits per heavy atom. The van der Waals surface area contributed by atoms with E-state index in [0.29, 0.717) is 120 Å². The fourth-order valence-electron chi connectivity index (χ4n) is 8.71. The molecule has 0 aliphatic carbocycles. The number of nitrogens with zero attached hydrogens (tertiary/aromatic N) is 6. The van der Waals surface area contributed by atoms with Crippen molar-refractivity contribution in [1.29, 1.82) is 0 Å². The van der Waals surface area contributed by atoms with Crippen LogP contribution in [-0.2, 0) is 9.47 Å². The number of carbonyl (C=O) groups excluding carboxylic acids is 4. The number of hydrogen-bond acceptors (Lipinski definition) is 14. The zero-order chi connectivity index (χ0) is 60.7. The zero-order valence-electron chi connectivity index (χ0n) is 46.4. The molecule has 4 aliphatic heterocycles. The highest BCUT2D eigenvalue weighted by atomic mass is 19.4. The van der Waals surface area contributed by atoms with E-state index < -0.39 is 70.4 Å². The van der Waals surface area contributed by atoms with Crippen molar-refractivity contribution in [3.05, 3.63) is 118 Å². The SMILES string of the molecule is CC(C)(C)OC(=O)N1CCN(c2ccc(C(O)C(F)(F)F)cc2F)CC1.CC(C)(C)OC(=O)N1CCN(c2ccc(C=O)cc2F)CC1.O=Cc1ccc(N2CCNCC2)c(F)c1.OC(c1ccc(N2CCNCC2)c(F)c1)C(F)(F)F. The Kier molecular flexibility index (Phi) is 23.2. The van der Waals surface area contributed by atoms with Crippen LogP contribution in [0.5, 0.6) is 0 Å². The fourth-order valence-corrected chi connectivity index (χ4v) is 8.71. The number of amides is 2. The molecule has 4 aromatic carbocycles. The molecule has 2 unspecified atom stereocenters. The van der Waals surface area contributed by atoms with Gasteiger partial charge in [-0.15, -0.1) is 0 Å². The third-order valence-corrected chi connectivity index (χ3v) is 12.9. The first-order valence-corrected chi connectivity index (χ1v) is 26.3. The summed E-state index contributed by atoms with van der Waals surface area (Å²) in [7, 11) is 0. The molecule has 2 atom stereocenters. The molecule has 8 rings (SSSR count). The molecule has 4 aromatic rings. The summed E-state index contributed by atoms with van der Waals surface area (Å²) in [5.74, 6) is -2.34. The maximum absolute atomic E-state index is 14.2. The van der Waals surface area contributed by atoms with Crippen LogP contribution in [0.4, 0.5) is 76.2 Å². The van der Waals surface area contributed by atoms with Gasteiger partial charge in [-0.1, -0.05) is 12.1 Å². The van der Waals surface area contributed by atoms with Gasteiger partial charge in [0.25, 0.3) is 0 Å². The number of aliphatic hydroxyl groups excluding tert-OH is 2. The number of piperazine rings is 4. The largest absolute Gasteiger partial charge is 0.444 e. The molecule has 2 amide bonds. The van der Waals surface area contributed by atoms with E-state index in [1.807, 2.05) is 30.6 Å². The number of alkyl halides is 6. The average molecular weight is 1170 g/mol. The maximum atomic E-state index is 14.2. The van der Waals surface area contributed by atoms with Crippen molar-refractivity contribution in [2.45, 2.75) is 77.3 Å². The Balaban J connectivity index is 0.000000204. The number of carbonyl (C=O) groups is 4. The Morgan fingerprint density at radius 3 is 0.963 bits per heavy atom. The number of rotatable bonds is 8. The summed E-state index contributed by atoms with van der Waals surface area (Å²) in [5.41, 5.74) is -0.0429. The molecular weight excluding hydrogens is 1100 g/mol. The number of halogens is 10. The lowest BCUT2D eigenvalue weighted by molar-refractivity contribution is -0.207. The van der Waals surface area contributed by atoms with Crippen molar-refractivity contribution in [3.8, 4) is 0 Å². The van der Waals surface area contributed by atoms with Crippen molar-refractivity contribution >= 4 is 47.5 Å². The van der Waals surface area contributed by atoms with E-state index in [0.717, 1.165) is 44.4 Å². The Labute approximate surface area is 469 Å². The molecule has 4 fully saturated rings. The van der Waals surface area contributed by atoms with Crippen molar-refractivity contribution in [2.75, 3.05) is 124 Å². The maximum Gasteiger partial charge on any atom is 0.418 e. The van der Waals surface area contributed by atoms with Crippen LogP contribution in [0, 0.1) is 23.3 Å². The van der Waals surface area contributed by atoms with E-state index >= 15 is 0 Å². The second kappa shape index (κ2) is 28.9. The van der Waals surface area contributed by atoms with Crippen LogP contribution in [0.2, 0.25) is 0 Å². The summed E-state index contributed by atoms with van der Waals surface area (Å²) in [6, 6.07) is 15.1. The first-order chi connectivity index (χ1) is 38.4. The number of benzene rings is 4. The smallest absolute Gasteiger partial charge is 0.418 e. The Morgan fingerprint density at radius 2 is 0.720 bits per heavy atom. The second-order valence-electron chi connectivity index (χ2n) is 21.4. The lowest BCUT2D eigenvalue weighted by atomic mass is 10.1. The van der Waals surface area contributed by atoms with Gasteiger partial charge in [0.1, 0.15) is 47.0 Å². The summed E-state index contributed by atoms with van der Waals surface area (Å²) in [6.07, 6.45) is -14.5. The van der Waals surface area contributed by atoms with E-state index in [9.17, 15) is 68.2 Å². The van der Waals surface area contributed by atoms with Gasteiger partial charge in [-0.3, -0.25) is 9.59 Å². The lowest BCUT2D eigenvalue weighted by Gasteiger charge is -2.37. The number of anilines is 4. The average Bonchev–Trinajstić information content (AvgIpc) is 3.44. The summed E-state index contributed by atoms with van der Waals surface area (Å²) in [5, 5.41) is 24.6. The predicted octanol–water partition coefficient (Wildman–Crippen LogP) is 9.05. The first-order valence-electron chi connectivity index (χ1n) is 26.3. The van der Waals surface area contributed by atoms with E-state index in [4.69, 9.17) is 14.6 Å². The van der Waals surface area contributed by atoms with Crippen LogP contribution in [-0.4, -0.2) is 173 Å². The van der Waals surface area contributed by atoms with Gasteiger partial charge >= 0.3 is 24.5 Å². The van der Waals surface area contributed by atoms with Crippen LogP contribution >= 0.6 is 0 Å². The second-order valence-corrected chi connectivity index (χ2v) is 21.4. The highest BCUT2D eigenvalue weighted by Crippen LogP contribution is 2.36. The van der Waals surface area contributed by atoms with Crippen LogP contribution in [0.1, 0.15) is 85.6 Å². The lowest BCUT2D eigenvalue weighted by Crippen LogP contribution is -2.50. The number of nitrogens with one attached hydrogen (secondary N) is 2. The van der Waals surface area contributed by atoms with Crippen molar-refractivity contribution in [3.63, 3.8) is 0 Å². The van der Waals surface area contributed by atoms with Crippen molar-refractivity contribution in [2.24, 2.45) is 0 Å². The fraction of sp³-hybridized carbons (Fsp3) is 0.500. The van der Waals surface area contributed by atoms with Gasteiger partial charge in [-0.25, -0.2) is 27.2 Å². The van der Waals surface area contributed by atoms with Gasteiger partial charge in [-0.05, 0) is 113 Å². The molecule has 4 heterocycles. The molecule has 0 aromatic heterocycles. The van der Waals surface area contributed by atoms with E-state index in [1.54, 1.807) is 59.7 Å². The van der Waals surface area contributed by atoms with E-state index in [-0.39, 0.29) is 23.3 Å². The quantitative estimate of drug-likeness (QED) is 0.0974. The number of aliphatic hydroxyl groups is 2. The molecule has 0 spiro atoms. The molecule has 4 aliphatic rings. The molecule has 452 valence electrons. The van der Waals surface area contributed by atoms with Crippen LogP contribution in [0.3, 0.4) is 0 Å². The number of aldehydes is 2. The van der Waals surface area contributed by atoms with Crippen molar-refractivity contribution in [1.82, 2.24) is 20.4 Å². The molecule has 16 nitrogen and oxygen atoms in total. The van der Waals surface area contributed by atoms with Gasteiger partial charge in [0.2, 0.25) is 0 Å². The standard InChI is InChI=1S/C17H22F4N2O3.C16H21FN2O3.C12H14F4N2O.C11H13FN2O/c1-16(2,3)26-15(25)23-8-6-22(7-9-23)13-5-4-11(10-12(13)18)14(24)17(19,20)21;1-16(2,3)22-15(21)19-8-6-18(7-9-19)14-5-4-12(11-20)10-13(14)17;13-9-7-8(11(19)12(14,15)16)1-2-10(9)18-5-3-17-4-6-18;12-10-7-9(8-15)1-2-11(10)14-5-3-13-4-6-14/h4-5,10,14,24H,6-9H2,1-3H3;4-5,10-11H,6-9H2,1-3H3;1-2,7,11,17,19H,3-6H2;1-2,7-8,13H,3-6H2. The summed E-state index contributed by atoms with van der Waals surface area (Å²) in [4.78, 5) is 55.5. The van der Waals surface area contributed by atoms with Gasteiger partial charge in [-0.2, -0.15) is 26.3 Å². The van der Waals surface area contributed by atoms with Crippen molar-refractivity contribution < 1.29 is 82.8 Å². The molecule has 82 heavy (non-hydrogen) atoms. The monoisotopic (exact) mass is 1170 g/mol. The van der Waals surface area contributed by atoms with Gasteiger partial charge in [0, 0.05) is 116 Å².